The number of rotatable bonds is 6. The van der Waals surface area contributed by atoms with Crippen molar-refractivity contribution in [3.05, 3.63) is 24.5 Å². The van der Waals surface area contributed by atoms with E-state index in [9.17, 15) is 9.59 Å². The van der Waals surface area contributed by atoms with Crippen LogP contribution in [0, 0.1) is 5.92 Å². The van der Waals surface area contributed by atoms with Gasteiger partial charge in [-0.2, -0.15) is 0 Å². The summed E-state index contributed by atoms with van der Waals surface area (Å²) in [6.07, 6.45) is 9.59. The Morgan fingerprint density at radius 2 is 1.96 bits per heavy atom. The average Bonchev–Trinajstić information content (AvgIpc) is 3.57. The molecule has 4 rings (SSSR count). The van der Waals surface area contributed by atoms with Crippen LogP contribution >= 0.6 is 0 Å². The Kier molecular flexibility index (Phi) is 6.10. The fourth-order valence-corrected chi connectivity index (χ4v) is 4.25. The molecule has 1 saturated carbocycles. The molecule has 2 saturated heterocycles. The molecule has 0 bridgehead atoms. The molecule has 1 aliphatic carbocycles. The monoisotopic (exact) mass is 386 g/mol. The lowest BCUT2D eigenvalue weighted by atomic mass is 9.93. The second-order valence-corrected chi connectivity index (χ2v) is 8.21. The molecule has 1 aromatic heterocycles. The minimum atomic E-state index is 0.0302. The zero-order chi connectivity index (χ0) is 19.3. The zero-order valence-corrected chi connectivity index (χ0v) is 16.4. The van der Waals surface area contributed by atoms with Crippen LogP contribution < -0.4 is 10.1 Å². The van der Waals surface area contributed by atoms with Gasteiger partial charge in [0.2, 0.25) is 5.91 Å². The van der Waals surface area contributed by atoms with Crippen molar-refractivity contribution in [1.29, 1.82) is 0 Å². The summed E-state index contributed by atoms with van der Waals surface area (Å²) in [6, 6.07) is 4.51. The number of carbonyl (C=O) groups excluding carboxylic acids is 2. The lowest BCUT2D eigenvalue weighted by molar-refractivity contribution is -0.135. The molecule has 2 aliphatic heterocycles. The summed E-state index contributed by atoms with van der Waals surface area (Å²) in [5, 5.41) is 3.16. The van der Waals surface area contributed by atoms with Gasteiger partial charge in [0.05, 0.1) is 12.1 Å². The van der Waals surface area contributed by atoms with Crippen molar-refractivity contribution in [2.45, 2.75) is 50.6 Å². The van der Waals surface area contributed by atoms with Crippen LogP contribution in [0.2, 0.25) is 0 Å². The maximum atomic E-state index is 12.4. The van der Waals surface area contributed by atoms with Crippen LogP contribution in [0.5, 0.6) is 5.75 Å². The molecule has 1 unspecified atom stereocenters. The van der Waals surface area contributed by atoms with Gasteiger partial charge < -0.3 is 15.0 Å². The molecule has 152 valence electrons. The summed E-state index contributed by atoms with van der Waals surface area (Å²) in [4.78, 5) is 33.2. The van der Waals surface area contributed by atoms with Crippen LogP contribution in [0.4, 0.5) is 0 Å². The number of piperidine rings is 2. The van der Waals surface area contributed by atoms with Crippen molar-refractivity contribution in [3.8, 4) is 5.75 Å². The largest absolute Gasteiger partial charge is 0.482 e. The fourth-order valence-electron chi connectivity index (χ4n) is 4.25. The van der Waals surface area contributed by atoms with E-state index in [1.807, 2.05) is 4.90 Å². The molecular formula is C21H30N4O3. The molecule has 3 heterocycles. The van der Waals surface area contributed by atoms with Gasteiger partial charge in [-0.05, 0) is 57.2 Å². The van der Waals surface area contributed by atoms with Crippen LogP contribution in [0.3, 0.4) is 0 Å². The Morgan fingerprint density at radius 1 is 1.14 bits per heavy atom. The van der Waals surface area contributed by atoms with Gasteiger partial charge in [0, 0.05) is 37.9 Å². The number of pyridine rings is 1. The summed E-state index contributed by atoms with van der Waals surface area (Å²) in [5.74, 6) is 1.02. The van der Waals surface area contributed by atoms with E-state index in [2.05, 4.69) is 15.2 Å². The van der Waals surface area contributed by atoms with E-state index in [1.54, 1.807) is 24.5 Å². The number of carbonyl (C=O) groups is 2. The number of nitrogens with one attached hydrogen (secondary N) is 1. The van der Waals surface area contributed by atoms with Gasteiger partial charge in [-0.25, -0.2) is 0 Å². The van der Waals surface area contributed by atoms with Crippen LogP contribution in [0.1, 0.15) is 38.5 Å². The maximum Gasteiger partial charge on any atom is 0.260 e. The normalized spacial score (nSPS) is 24.0. The first kappa shape index (κ1) is 19.2. The number of likely N-dealkylation sites (tertiary alicyclic amines) is 2. The first-order chi connectivity index (χ1) is 13.7. The maximum absolute atomic E-state index is 12.4. The quantitative estimate of drug-likeness (QED) is 0.801. The van der Waals surface area contributed by atoms with E-state index >= 15 is 0 Å². The van der Waals surface area contributed by atoms with Crippen LogP contribution in [0.15, 0.2) is 24.5 Å². The highest BCUT2D eigenvalue weighted by atomic mass is 16.5. The van der Waals surface area contributed by atoms with Crippen LogP contribution in [-0.2, 0) is 9.59 Å². The van der Waals surface area contributed by atoms with E-state index in [4.69, 9.17) is 4.74 Å². The first-order valence-corrected chi connectivity index (χ1v) is 10.5. The summed E-state index contributed by atoms with van der Waals surface area (Å²) >= 11 is 0. The highest BCUT2D eigenvalue weighted by molar-refractivity contribution is 5.79. The van der Waals surface area contributed by atoms with Crippen molar-refractivity contribution < 1.29 is 14.3 Å². The molecule has 1 aromatic rings. The minimum Gasteiger partial charge on any atom is -0.482 e. The molecule has 28 heavy (non-hydrogen) atoms. The summed E-state index contributed by atoms with van der Waals surface area (Å²) in [5.41, 5.74) is 0. The third-order valence-corrected chi connectivity index (χ3v) is 6.08. The minimum absolute atomic E-state index is 0.0302. The molecule has 2 amide bonds. The van der Waals surface area contributed by atoms with Gasteiger partial charge >= 0.3 is 0 Å². The highest BCUT2D eigenvalue weighted by Crippen LogP contribution is 2.26. The SMILES string of the molecule is O=C(NC1CC1)C1CCCN(C2CCN(C(=O)COc3cccnc3)CC2)C1. The molecular weight excluding hydrogens is 356 g/mol. The molecule has 3 aliphatic rings. The highest BCUT2D eigenvalue weighted by Gasteiger charge is 2.34. The van der Waals surface area contributed by atoms with Gasteiger partial charge in [0.1, 0.15) is 5.75 Å². The molecule has 0 spiro atoms. The Bertz CT molecular complexity index is 671. The molecule has 0 radical (unpaired) electrons. The number of aromatic nitrogens is 1. The average molecular weight is 386 g/mol. The lowest BCUT2D eigenvalue weighted by Crippen LogP contribution is -2.52. The van der Waals surface area contributed by atoms with E-state index in [0.29, 0.717) is 17.8 Å². The summed E-state index contributed by atoms with van der Waals surface area (Å²) in [7, 11) is 0. The second kappa shape index (κ2) is 8.90. The Morgan fingerprint density at radius 3 is 2.68 bits per heavy atom. The standard InChI is InChI=1S/C21H30N4O3/c26-20(15-28-19-4-1-9-22-13-19)24-11-7-18(8-12-24)25-10-2-3-16(14-25)21(27)23-17-5-6-17/h1,4,9,13,16-18H,2-3,5-8,10-12,14-15H2,(H,23,27). The van der Waals surface area contributed by atoms with Crippen molar-refractivity contribution in [2.75, 3.05) is 32.8 Å². The van der Waals surface area contributed by atoms with E-state index in [-0.39, 0.29) is 24.3 Å². The van der Waals surface area contributed by atoms with Crippen molar-refractivity contribution in [3.63, 3.8) is 0 Å². The van der Waals surface area contributed by atoms with Gasteiger partial charge in [0.25, 0.3) is 5.91 Å². The predicted octanol–water partition coefficient (Wildman–Crippen LogP) is 1.44. The Hall–Kier alpha value is -2.15. The van der Waals surface area contributed by atoms with E-state index < -0.39 is 0 Å². The third-order valence-electron chi connectivity index (χ3n) is 6.08. The lowest BCUT2D eigenvalue weighted by Gasteiger charge is -2.42. The second-order valence-electron chi connectivity index (χ2n) is 8.21. The first-order valence-electron chi connectivity index (χ1n) is 10.5. The Balaban J connectivity index is 1.21. The van der Waals surface area contributed by atoms with Gasteiger partial charge in [-0.15, -0.1) is 0 Å². The number of nitrogens with zero attached hydrogens (tertiary/aromatic N) is 3. The number of hydrogen-bond acceptors (Lipinski definition) is 5. The molecule has 1 atom stereocenters. The number of amides is 2. The summed E-state index contributed by atoms with van der Waals surface area (Å²) < 4.78 is 5.53. The van der Waals surface area contributed by atoms with E-state index in [1.165, 1.54) is 0 Å². The van der Waals surface area contributed by atoms with Gasteiger partial charge in [0.15, 0.2) is 6.61 Å². The molecule has 1 N–H and O–H groups in total. The van der Waals surface area contributed by atoms with Crippen molar-refractivity contribution in [1.82, 2.24) is 20.1 Å². The van der Waals surface area contributed by atoms with Crippen molar-refractivity contribution in [2.24, 2.45) is 5.92 Å². The fraction of sp³-hybridized carbons (Fsp3) is 0.667. The number of ether oxygens (including phenoxy) is 1. The van der Waals surface area contributed by atoms with Crippen molar-refractivity contribution >= 4 is 11.8 Å². The zero-order valence-electron chi connectivity index (χ0n) is 16.4. The molecule has 7 heteroatoms. The Labute approximate surface area is 166 Å². The molecule has 3 fully saturated rings. The van der Waals surface area contributed by atoms with Crippen LogP contribution in [-0.4, -0.2) is 71.5 Å². The van der Waals surface area contributed by atoms with Gasteiger partial charge in [-0.3, -0.25) is 19.5 Å². The molecule has 7 nitrogen and oxygen atoms in total. The smallest absolute Gasteiger partial charge is 0.260 e. The van der Waals surface area contributed by atoms with E-state index in [0.717, 1.165) is 64.7 Å². The number of hydrogen-bond donors (Lipinski definition) is 1. The van der Waals surface area contributed by atoms with Gasteiger partial charge in [-0.1, -0.05) is 0 Å². The van der Waals surface area contributed by atoms with Crippen LogP contribution in [0.25, 0.3) is 0 Å². The third kappa shape index (κ3) is 5.01. The summed E-state index contributed by atoms with van der Waals surface area (Å²) in [6.45, 7) is 3.51. The molecule has 0 aromatic carbocycles. The predicted molar refractivity (Wildman–Crippen MR) is 105 cm³/mol. The topological polar surface area (TPSA) is 74.8 Å².